The zero-order valence-corrected chi connectivity index (χ0v) is 20.8. The van der Waals surface area contributed by atoms with Gasteiger partial charge in [-0.1, -0.05) is 16.8 Å². The molecule has 13 heteroatoms. The fourth-order valence-corrected chi connectivity index (χ4v) is 4.78. The van der Waals surface area contributed by atoms with E-state index in [-0.39, 0.29) is 35.4 Å². The molecular weight excluding hydrogens is 518 g/mol. The van der Waals surface area contributed by atoms with E-state index in [1.54, 1.807) is 0 Å². The predicted octanol–water partition coefficient (Wildman–Crippen LogP) is 2.74. The number of rotatable bonds is 7. The van der Waals surface area contributed by atoms with Crippen molar-refractivity contribution in [2.24, 2.45) is 5.92 Å². The number of hydrogen-bond donors (Lipinski definition) is 3. The first-order valence-corrected chi connectivity index (χ1v) is 12.4. The Bertz CT molecular complexity index is 1410. The number of carboxylic acids is 1. The molecule has 3 aromatic rings. The summed E-state index contributed by atoms with van der Waals surface area (Å²) in [6.07, 6.45) is 0.128. The lowest BCUT2D eigenvalue weighted by atomic mass is 9.97. The molecule has 198 valence electrons. The summed E-state index contributed by atoms with van der Waals surface area (Å²) in [6.45, 7) is 1.68. The molecule has 2 amide bonds. The van der Waals surface area contributed by atoms with E-state index in [0.29, 0.717) is 37.2 Å². The van der Waals surface area contributed by atoms with Gasteiger partial charge in [0, 0.05) is 35.6 Å². The quantitative estimate of drug-likeness (QED) is 0.409. The van der Waals surface area contributed by atoms with Crippen molar-refractivity contribution in [1.82, 2.24) is 15.5 Å². The summed E-state index contributed by atoms with van der Waals surface area (Å²) in [5.74, 6) is -2.11. The van der Waals surface area contributed by atoms with Crippen LogP contribution in [0.4, 0.5) is 16.2 Å². The molecule has 1 aromatic heterocycles. The van der Waals surface area contributed by atoms with Crippen molar-refractivity contribution in [1.29, 1.82) is 0 Å². The molecule has 1 atom stereocenters. The highest BCUT2D eigenvalue weighted by Gasteiger charge is 2.33. The molecule has 0 unspecified atom stereocenters. The molecule has 2 aliphatic rings. The van der Waals surface area contributed by atoms with E-state index in [2.05, 4.69) is 24.9 Å². The number of halogens is 1. The summed E-state index contributed by atoms with van der Waals surface area (Å²) in [5.41, 5.74) is 2.23. The summed E-state index contributed by atoms with van der Waals surface area (Å²) >= 11 is 6.16. The monoisotopic (exact) mass is 541 g/mol. The standard InChI is InChI=1S/C25H24ClN5O7/c26-20-6-1-15(11-19(20)21-28-24(35)38-29-21)22(32)27-12-18-13-31(25(36)37-18)17-4-2-16(3-5-17)30-9-7-14(8-10-30)23(33)34/h1-6,11,14,18H,7-10,12-13H2,(H,27,32)(H,33,34)(H,28,29,35)/t18-/m0/s1. The number of benzene rings is 2. The maximum atomic E-state index is 12.7. The van der Waals surface area contributed by atoms with Gasteiger partial charge < -0.3 is 20.1 Å². The van der Waals surface area contributed by atoms with E-state index < -0.39 is 29.8 Å². The molecule has 3 heterocycles. The molecule has 0 saturated carbocycles. The van der Waals surface area contributed by atoms with Gasteiger partial charge in [-0.25, -0.2) is 9.59 Å². The van der Waals surface area contributed by atoms with Crippen LogP contribution >= 0.6 is 11.6 Å². The SMILES string of the molecule is O=C(NC[C@H]1CN(c2ccc(N3CCC(C(=O)O)CC3)cc2)C(=O)O1)c1ccc(Cl)c(-c2noc(=O)[nH]2)c1. The molecular formula is C25H24ClN5O7. The Morgan fingerprint density at radius 3 is 2.47 bits per heavy atom. The van der Waals surface area contributed by atoms with Crippen LogP contribution in [-0.4, -0.2) is 65.5 Å². The third-order valence-corrected chi connectivity index (χ3v) is 6.99. The summed E-state index contributed by atoms with van der Waals surface area (Å²) in [7, 11) is 0. The minimum absolute atomic E-state index is 0.0937. The Morgan fingerprint density at radius 2 is 1.82 bits per heavy atom. The molecule has 2 fully saturated rings. The third-order valence-electron chi connectivity index (χ3n) is 6.66. The number of aliphatic carboxylic acids is 1. The van der Waals surface area contributed by atoms with Crippen molar-refractivity contribution < 1.29 is 28.8 Å². The Labute approximate surface area is 221 Å². The summed E-state index contributed by atoms with van der Waals surface area (Å²) < 4.78 is 9.93. The largest absolute Gasteiger partial charge is 0.481 e. The van der Waals surface area contributed by atoms with Crippen molar-refractivity contribution in [3.05, 3.63) is 63.6 Å². The maximum absolute atomic E-state index is 12.7. The van der Waals surface area contributed by atoms with Crippen LogP contribution in [0.1, 0.15) is 23.2 Å². The number of carbonyl (C=O) groups is 3. The zero-order chi connectivity index (χ0) is 26.8. The molecule has 0 aliphatic carbocycles. The molecule has 38 heavy (non-hydrogen) atoms. The number of hydrogen-bond acceptors (Lipinski definition) is 8. The Balaban J connectivity index is 1.17. The third kappa shape index (κ3) is 5.35. The second kappa shape index (κ2) is 10.6. The molecule has 0 spiro atoms. The van der Waals surface area contributed by atoms with Crippen molar-refractivity contribution in [3.8, 4) is 11.4 Å². The van der Waals surface area contributed by atoms with Gasteiger partial charge in [-0.15, -0.1) is 0 Å². The minimum atomic E-state index is -0.750. The van der Waals surface area contributed by atoms with Crippen LogP contribution in [0.25, 0.3) is 11.4 Å². The molecule has 12 nitrogen and oxygen atoms in total. The van der Waals surface area contributed by atoms with Gasteiger partial charge in [-0.3, -0.25) is 24.0 Å². The topological polar surface area (TPSA) is 158 Å². The van der Waals surface area contributed by atoms with Gasteiger partial charge in [0.2, 0.25) is 0 Å². The number of carbonyl (C=O) groups excluding carboxylic acids is 2. The first-order valence-electron chi connectivity index (χ1n) is 12.0. The van der Waals surface area contributed by atoms with Crippen molar-refractivity contribution in [2.45, 2.75) is 18.9 Å². The summed E-state index contributed by atoms with van der Waals surface area (Å²) in [4.78, 5) is 53.7. The van der Waals surface area contributed by atoms with Gasteiger partial charge >= 0.3 is 17.8 Å². The summed E-state index contributed by atoms with van der Waals surface area (Å²) in [6, 6.07) is 12.0. The predicted molar refractivity (Wildman–Crippen MR) is 137 cm³/mol. The van der Waals surface area contributed by atoms with E-state index in [0.717, 1.165) is 5.69 Å². The molecule has 2 aliphatic heterocycles. The average molecular weight is 542 g/mol. The second-order valence-electron chi connectivity index (χ2n) is 9.08. The van der Waals surface area contributed by atoms with Crippen LogP contribution in [-0.2, 0) is 9.53 Å². The van der Waals surface area contributed by atoms with Crippen LogP contribution in [0, 0.1) is 5.92 Å². The highest BCUT2D eigenvalue weighted by Crippen LogP contribution is 2.28. The number of cyclic esters (lactones) is 1. The van der Waals surface area contributed by atoms with Gasteiger partial charge in [-0.2, -0.15) is 0 Å². The summed E-state index contributed by atoms with van der Waals surface area (Å²) in [5, 5.41) is 15.8. The highest BCUT2D eigenvalue weighted by atomic mass is 35.5. The fourth-order valence-electron chi connectivity index (χ4n) is 4.57. The van der Waals surface area contributed by atoms with Gasteiger partial charge in [-0.05, 0) is 55.3 Å². The van der Waals surface area contributed by atoms with Crippen molar-refractivity contribution in [2.75, 3.05) is 36.0 Å². The van der Waals surface area contributed by atoms with E-state index >= 15 is 0 Å². The molecule has 0 bridgehead atoms. The fraction of sp³-hybridized carbons (Fsp3) is 0.320. The van der Waals surface area contributed by atoms with Gasteiger partial charge in [0.1, 0.15) is 6.10 Å². The smallest absolute Gasteiger partial charge is 0.439 e. The van der Waals surface area contributed by atoms with Crippen molar-refractivity contribution in [3.63, 3.8) is 0 Å². The van der Waals surface area contributed by atoms with Gasteiger partial charge in [0.25, 0.3) is 5.91 Å². The number of H-pyrrole nitrogens is 1. The number of carboxylic acid groups (broad SMARTS) is 1. The first-order chi connectivity index (χ1) is 18.3. The zero-order valence-electron chi connectivity index (χ0n) is 20.1. The molecule has 3 N–H and O–H groups in total. The lowest BCUT2D eigenvalue weighted by Crippen LogP contribution is -2.36. The van der Waals surface area contributed by atoms with Crippen LogP contribution in [0.15, 0.2) is 51.8 Å². The van der Waals surface area contributed by atoms with E-state index in [4.69, 9.17) is 16.3 Å². The van der Waals surface area contributed by atoms with Gasteiger partial charge in [0.05, 0.1) is 24.0 Å². The Hall–Kier alpha value is -4.32. The number of ether oxygens (including phenoxy) is 1. The minimum Gasteiger partial charge on any atom is -0.481 e. The van der Waals surface area contributed by atoms with Crippen LogP contribution in [0.3, 0.4) is 0 Å². The number of anilines is 2. The Morgan fingerprint density at radius 1 is 1.11 bits per heavy atom. The number of piperidine rings is 1. The average Bonchev–Trinajstić information content (AvgIpc) is 3.52. The van der Waals surface area contributed by atoms with E-state index in [9.17, 15) is 24.3 Å². The van der Waals surface area contributed by atoms with Crippen molar-refractivity contribution >= 4 is 40.9 Å². The molecule has 2 saturated heterocycles. The van der Waals surface area contributed by atoms with Gasteiger partial charge in [0.15, 0.2) is 5.82 Å². The second-order valence-corrected chi connectivity index (χ2v) is 9.49. The van der Waals surface area contributed by atoms with Crippen LogP contribution < -0.4 is 20.9 Å². The molecule has 5 rings (SSSR count). The lowest BCUT2D eigenvalue weighted by Gasteiger charge is -2.32. The van der Waals surface area contributed by atoms with E-state index in [1.807, 2.05) is 24.3 Å². The highest BCUT2D eigenvalue weighted by molar-refractivity contribution is 6.33. The number of nitrogens with one attached hydrogen (secondary N) is 2. The van der Waals surface area contributed by atoms with Crippen LogP contribution in [0.2, 0.25) is 5.02 Å². The molecule has 2 aromatic carbocycles. The van der Waals surface area contributed by atoms with E-state index in [1.165, 1.54) is 23.1 Å². The number of aromatic nitrogens is 2. The Kier molecular flexibility index (Phi) is 7.05. The molecule has 0 radical (unpaired) electrons. The lowest BCUT2D eigenvalue weighted by molar-refractivity contribution is -0.142. The van der Waals surface area contributed by atoms with Crippen LogP contribution in [0.5, 0.6) is 0 Å². The number of aromatic amines is 1. The first kappa shape index (κ1) is 25.3. The number of amides is 2. The maximum Gasteiger partial charge on any atom is 0.439 e. The number of nitrogens with zero attached hydrogens (tertiary/aromatic N) is 3. The normalized spacial score (nSPS) is 17.9.